The predicted octanol–water partition coefficient (Wildman–Crippen LogP) is 2.21. The van der Waals surface area contributed by atoms with Gasteiger partial charge in [0, 0.05) is 18.4 Å². The Hall–Kier alpha value is -2.70. The first kappa shape index (κ1) is 22.3. The Balaban J connectivity index is 2.69. The van der Waals surface area contributed by atoms with E-state index in [1.54, 1.807) is 26.0 Å². The third-order valence-corrected chi connectivity index (χ3v) is 3.82. The van der Waals surface area contributed by atoms with E-state index in [-0.39, 0.29) is 26.1 Å². The molecule has 1 aromatic carbocycles. The Labute approximate surface area is 159 Å². The first-order chi connectivity index (χ1) is 13.0. The van der Waals surface area contributed by atoms with Crippen molar-refractivity contribution in [2.75, 3.05) is 13.2 Å². The molecule has 0 heterocycles. The lowest BCUT2D eigenvalue weighted by molar-refractivity contribution is -0.146. The van der Waals surface area contributed by atoms with Crippen molar-refractivity contribution < 1.29 is 28.7 Å². The fourth-order valence-corrected chi connectivity index (χ4v) is 2.44. The topological polar surface area (TPSA) is 98.8 Å². The number of carbonyl (C=O) groups excluding carboxylic acids is 4. The molecule has 27 heavy (non-hydrogen) atoms. The maximum Gasteiger partial charge on any atom is 0.328 e. The van der Waals surface area contributed by atoms with Gasteiger partial charge in [0.05, 0.1) is 13.2 Å². The Morgan fingerprint density at radius 3 is 2.33 bits per heavy atom. The van der Waals surface area contributed by atoms with E-state index in [2.05, 4.69) is 5.32 Å². The van der Waals surface area contributed by atoms with Gasteiger partial charge in [-0.25, -0.2) is 4.79 Å². The van der Waals surface area contributed by atoms with Crippen LogP contribution in [0, 0.1) is 0 Å². The third kappa shape index (κ3) is 8.48. The molecule has 0 spiro atoms. The number of aryl methyl sites for hydroxylation is 1. The van der Waals surface area contributed by atoms with Crippen molar-refractivity contribution in [3.8, 4) is 0 Å². The quantitative estimate of drug-likeness (QED) is 0.341. The molecule has 0 saturated heterocycles. The monoisotopic (exact) mass is 377 g/mol. The first-order valence-corrected chi connectivity index (χ1v) is 9.17. The molecule has 7 nitrogen and oxygen atoms in total. The van der Waals surface area contributed by atoms with Crippen molar-refractivity contribution in [1.82, 2.24) is 5.32 Å². The molecule has 0 aliphatic heterocycles. The first-order valence-electron chi connectivity index (χ1n) is 9.17. The van der Waals surface area contributed by atoms with Gasteiger partial charge in [0.2, 0.25) is 0 Å². The number of aldehydes is 1. The van der Waals surface area contributed by atoms with Gasteiger partial charge in [-0.3, -0.25) is 9.59 Å². The highest BCUT2D eigenvalue weighted by Gasteiger charge is 2.23. The summed E-state index contributed by atoms with van der Waals surface area (Å²) < 4.78 is 9.82. The molecule has 1 unspecified atom stereocenters. The minimum atomic E-state index is -0.922. The molecule has 1 N–H and O–H groups in total. The summed E-state index contributed by atoms with van der Waals surface area (Å²) in [5.74, 6) is -1.43. The summed E-state index contributed by atoms with van der Waals surface area (Å²) in [6.45, 7) is 3.81. The average Bonchev–Trinajstić information content (AvgIpc) is 2.66. The van der Waals surface area contributed by atoms with Crippen LogP contribution >= 0.6 is 0 Å². The van der Waals surface area contributed by atoms with Gasteiger partial charge in [-0.15, -0.1) is 0 Å². The predicted molar refractivity (Wildman–Crippen MR) is 99.2 cm³/mol. The summed E-state index contributed by atoms with van der Waals surface area (Å²) in [7, 11) is 0. The SMILES string of the molecule is CCOC(=O)CCC(NC(=O)c1ccc(CCCC=O)cc1)C(=O)OCC. The Kier molecular flexibility index (Phi) is 10.4. The maximum atomic E-state index is 12.4. The molecule has 0 bridgehead atoms. The summed E-state index contributed by atoms with van der Waals surface area (Å²) in [5.41, 5.74) is 1.43. The molecular weight excluding hydrogens is 350 g/mol. The van der Waals surface area contributed by atoms with Crippen LogP contribution in [-0.4, -0.2) is 43.4 Å². The molecule has 1 aromatic rings. The molecule has 1 atom stereocenters. The molecule has 0 fully saturated rings. The molecule has 0 saturated carbocycles. The highest BCUT2D eigenvalue weighted by molar-refractivity contribution is 5.96. The van der Waals surface area contributed by atoms with Crippen LogP contribution < -0.4 is 5.32 Å². The summed E-state index contributed by atoms with van der Waals surface area (Å²) in [6.07, 6.45) is 3.01. The molecule has 7 heteroatoms. The Morgan fingerprint density at radius 1 is 1.07 bits per heavy atom. The number of benzene rings is 1. The van der Waals surface area contributed by atoms with Crippen LogP contribution in [0.1, 0.15) is 55.5 Å². The van der Waals surface area contributed by atoms with Crippen LogP contribution in [0.3, 0.4) is 0 Å². The van der Waals surface area contributed by atoms with Crippen molar-refractivity contribution in [2.24, 2.45) is 0 Å². The number of amides is 1. The number of ether oxygens (including phenoxy) is 2. The number of hydrogen-bond donors (Lipinski definition) is 1. The van der Waals surface area contributed by atoms with Crippen molar-refractivity contribution >= 4 is 24.1 Å². The van der Waals surface area contributed by atoms with Gasteiger partial charge < -0.3 is 19.6 Å². The van der Waals surface area contributed by atoms with Gasteiger partial charge in [0.25, 0.3) is 5.91 Å². The van der Waals surface area contributed by atoms with Gasteiger partial charge >= 0.3 is 11.9 Å². The largest absolute Gasteiger partial charge is 0.466 e. The highest BCUT2D eigenvalue weighted by Crippen LogP contribution is 2.09. The summed E-state index contributed by atoms with van der Waals surface area (Å²) in [4.78, 5) is 46.4. The third-order valence-electron chi connectivity index (χ3n) is 3.82. The molecule has 0 aliphatic rings. The second kappa shape index (κ2) is 12.6. The standard InChI is InChI=1S/C20H27NO6/c1-3-26-18(23)13-12-17(20(25)27-4-2)21-19(24)16-10-8-15(9-11-16)7-5-6-14-22/h8-11,14,17H,3-7,12-13H2,1-2H3,(H,21,24). The van der Waals surface area contributed by atoms with Gasteiger partial charge in [-0.05, 0) is 50.8 Å². The van der Waals surface area contributed by atoms with Gasteiger partial charge in [0.1, 0.15) is 12.3 Å². The van der Waals surface area contributed by atoms with E-state index >= 15 is 0 Å². The van der Waals surface area contributed by atoms with Crippen LogP contribution in [0.25, 0.3) is 0 Å². The number of nitrogens with one attached hydrogen (secondary N) is 1. The zero-order valence-corrected chi connectivity index (χ0v) is 15.9. The van der Waals surface area contributed by atoms with E-state index < -0.39 is 23.9 Å². The molecule has 1 rings (SSSR count). The minimum absolute atomic E-state index is 0.00721. The van der Waals surface area contributed by atoms with E-state index in [1.165, 1.54) is 0 Å². The normalized spacial score (nSPS) is 11.3. The van der Waals surface area contributed by atoms with Crippen LogP contribution in [0.4, 0.5) is 0 Å². The summed E-state index contributed by atoms with van der Waals surface area (Å²) in [6, 6.07) is 6.04. The van der Waals surface area contributed by atoms with E-state index in [0.717, 1.165) is 24.7 Å². The van der Waals surface area contributed by atoms with Crippen molar-refractivity contribution in [1.29, 1.82) is 0 Å². The van der Waals surface area contributed by atoms with E-state index in [1.807, 2.05) is 12.1 Å². The molecule has 0 radical (unpaired) electrons. The molecule has 0 aromatic heterocycles. The fraction of sp³-hybridized carbons (Fsp3) is 0.500. The van der Waals surface area contributed by atoms with Crippen molar-refractivity contribution in [3.63, 3.8) is 0 Å². The second-order valence-corrected chi connectivity index (χ2v) is 5.88. The van der Waals surface area contributed by atoms with Crippen LogP contribution in [-0.2, 0) is 30.3 Å². The van der Waals surface area contributed by atoms with Crippen molar-refractivity contribution in [2.45, 2.75) is 52.0 Å². The molecule has 148 valence electrons. The van der Waals surface area contributed by atoms with E-state index in [0.29, 0.717) is 12.0 Å². The van der Waals surface area contributed by atoms with E-state index in [4.69, 9.17) is 9.47 Å². The lowest BCUT2D eigenvalue weighted by Gasteiger charge is -2.17. The number of carbonyl (C=O) groups is 4. The van der Waals surface area contributed by atoms with Crippen LogP contribution in [0.2, 0.25) is 0 Å². The number of hydrogen-bond acceptors (Lipinski definition) is 6. The molecule has 0 aliphatic carbocycles. The average molecular weight is 377 g/mol. The van der Waals surface area contributed by atoms with E-state index in [9.17, 15) is 19.2 Å². The zero-order valence-electron chi connectivity index (χ0n) is 15.9. The van der Waals surface area contributed by atoms with Crippen molar-refractivity contribution in [3.05, 3.63) is 35.4 Å². The lowest BCUT2D eigenvalue weighted by Crippen LogP contribution is -2.42. The van der Waals surface area contributed by atoms with Crippen LogP contribution in [0.5, 0.6) is 0 Å². The summed E-state index contributed by atoms with van der Waals surface area (Å²) in [5, 5.41) is 2.62. The fourth-order valence-electron chi connectivity index (χ4n) is 2.44. The van der Waals surface area contributed by atoms with Gasteiger partial charge in [0.15, 0.2) is 0 Å². The molecular formula is C20H27NO6. The highest BCUT2D eigenvalue weighted by atomic mass is 16.5. The summed E-state index contributed by atoms with van der Waals surface area (Å²) >= 11 is 0. The lowest BCUT2D eigenvalue weighted by atomic mass is 10.1. The number of unbranched alkanes of at least 4 members (excludes halogenated alkanes) is 1. The zero-order chi connectivity index (χ0) is 20.1. The number of esters is 2. The Morgan fingerprint density at radius 2 is 1.74 bits per heavy atom. The van der Waals surface area contributed by atoms with Gasteiger partial charge in [-0.1, -0.05) is 12.1 Å². The number of rotatable bonds is 12. The smallest absolute Gasteiger partial charge is 0.328 e. The molecule has 1 amide bonds. The second-order valence-electron chi connectivity index (χ2n) is 5.88. The van der Waals surface area contributed by atoms with Gasteiger partial charge in [-0.2, -0.15) is 0 Å². The van der Waals surface area contributed by atoms with Crippen LogP contribution in [0.15, 0.2) is 24.3 Å². The maximum absolute atomic E-state index is 12.4. The minimum Gasteiger partial charge on any atom is -0.466 e. The Bertz CT molecular complexity index is 626.